The van der Waals surface area contributed by atoms with Gasteiger partial charge in [-0.3, -0.25) is 0 Å². The van der Waals surface area contributed by atoms with E-state index in [9.17, 15) is 19.5 Å². The van der Waals surface area contributed by atoms with Crippen LogP contribution in [0.2, 0.25) is 0 Å². The van der Waals surface area contributed by atoms with Gasteiger partial charge in [0.25, 0.3) is 0 Å². The van der Waals surface area contributed by atoms with Gasteiger partial charge in [-0.25, -0.2) is 14.4 Å². The number of benzene rings is 3. The fourth-order valence-electron chi connectivity index (χ4n) is 4.12. The second kappa shape index (κ2) is 15.1. The summed E-state index contributed by atoms with van der Waals surface area (Å²) in [4.78, 5) is 37.1. The number of carbonyl (C=O) groups is 3. The lowest BCUT2D eigenvalue weighted by Gasteiger charge is -2.24. The first-order valence-corrected chi connectivity index (χ1v) is 13.5. The SMILES string of the molecule is CC(C)(C)OC(=O)CO[C@@H](C(=O)O)[C@@H](OCCCCCc1ccc2ccccc2c1)C(=O)OCc1ccccc1. The molecular weight excluding hydrogens is 512 g/mol. The van der Waals surface area contributed by atoms with Crippen LogP contribution in [0.4, 0.5) is 0 Å². The van der Waals surface area contributed by atoms with Crippen LogP contribution in [0.5, 0.6) is 0 Å². The van der Waals surface area contributed by atoms with Gasteiger partial charge in [-0.15, -0.1) is 0 Å². The van der Waals surface area contributed by atoms with Crippen LogP contribution in [0.1, 0.15) is 51.2 Å². The summed E-state index contributed by atoms with van der Waals surface area (Å²) in [6.07, 6.45) is -0.0757. The Labute approximate surface area is 235 Å². The van der Waals surface area contributed by atoms with Gasteiger partial charge in [0, 0.05) is 6.61 Å². The van der Waals surface area contributed by atoms with E-state index in [1.165, 1.54) is 16.3 Å². The first-order chi connectivity index (χ1) is 19.1. The number of rotatable bonds is 15. The number of carboxylic acids is 1. The van der Waals surface area contributed by atoms with Crippen molar-refractivity contribution < 1.29 is 38.4 Å². The first-order valence-electron chi connectivity index (χ1n) is 13.5. The molecule has 0 amide bonds. The highest BCUT2D eigenvalue weighted by molar-refractivity contribution is 5.85. The molecule has 0 fully saturated rings. The average Bonchev–Trinajstić information content (AvgIpc) is 2.91. The third kappa shape index (κ3) is 10.4. The number of ether oxygens (including phenoxy) is 4. The predicted octanol–water partition coefficient (Wildman–Crippen LogP) is 5.49. The molecule has 8 nitrogen and oxygen atoms in total. The van der Waals surface area contributed by atoms with E-state index in [2.05, 4.69) is 30.3 Å². The Balaban J connectivity index is 1.55. The number of aliphatic carboxylic acids is 1. The van der Waals surface area contributed by atoms with Gasteiger partial charge in [-0.1, -0.05) is 79.2 Å². The molecule has 0 spiro atoms. The van der Waals surface area contributed by atoms with Gasteiger partial charge in [-0.05, 0) is 61.9 Å². The number of hydrogen-bond acceptors (Lipinski definition) is 7. The summed E-state index contributed by atoms with van der Waals surface area (Å²) in [7, 11) is 0. The van der Waals surface area contributed by atoms with Crippen molar-refractivity contribution in [1.82, 2.24) is 0 Å². The Morgan fingerprint density at radius 1 is 0.775 bits per heavy atom. The molecule has 3 rings (SSSR count). The van der Waals surface area contributed by atoms with Gasteiger partial charge in [0.2, 0.25) is 0 Å². The highest BCUT2D eigenvalue weighted by Gasteiger charge is 2.38. The average molecular weight is 551 g/mol. The molecule has 0 aliphatic carbocycles. The maximum absolute atomic E-state index is 12.9. The zero-order chi connectivity index (χ0) is 29.0. The lowest BCUT2D eigenvalue weighted by Crippen LogP contribution is -2.45. The van der Waals surface area contributed by atoms with Gasteiger partial charge in [0.15, 0.2) is 12.2 Å². The summed E-state index contributed by atoms with van der Waals surface area (Å²) >= 11 is 0. The van der Waals surface area contributed by atoms with E-state index in [0.717, 1.165) is 24.8 Å². The molecule has 0 aliphatic rings. The molecule has 3 aromatic rings. The van der Waals surface area contributed by atoms with E-state index in [1.807, 2.05) is 18.2 Å². The molecule has 1 N–H and O–H groups in total. The van der Waals surface area contributed by atoms with Gasteiger partial charge in [-0.2, -0.15) is 0 Å². The summed E-state index contributed by atoms with van der Waals surface area (Å²) in [5.74, 6) is -3.07. The molecule has 0 aliphatic heterocycles. The van der Waals surface area contributed by atoms with Crippen molar-refractivity contribution in [3.05, 3.63) is 83.9 Å². The standard InChI is InChI=1S/C32H38O8/c1-32(2,3)40-27(33)22-38-28(30(34)35)29(31(36)39-21-24-13-6-4-7-14-24)37-19-11-5-8-12-23-17-18-25-15-9-10-16-26(25)20-23/h4,6-7,9-10,13-18,20,28-29H,5,8,11-12,19,21-22H2,1-3H3,(H,34,35)/t28-,29-/m1/s1. The number of carboxylic acid groups (broad SMARTS) is 1. The molecule has 0 saturated heterocycles. The van der Waals surface area contributed by atoms with E-state index in [1.54, 1.807) is 45.0 Å². The summed E-state index contributed by atoms with van der Waals surface area (Å²) in [6.45, 7) is 4.49. The fraction of sp³-hybridized carbons (Fsp3) is 0.406. The van der Waals surface area contributed by atoms with Crippen molar-refractivity contribution in [2.45, 2.75) is 70.9 Å². The smallest absolute Gasteiger partial charge is 0.338 e. The molecule has 0 unspecified atom stereocenters. The minimum Gasteiger partial charge on any atom is -0.479 e. The van der Waals surface area contributed by atoms with E-state index < -0.39 is 42.3 Å². The second-order valence-electron chi connectivity index (χ2n) is 10.5. The molecule has 3 aromatic carbocycles. The maximum Gasteiger partial charge on any atom is 0.338 e. The molecule has 2 atom stereocenters. The second-order valence-corrected chi connectivity index (χ2v) is 10.5. The molecular formula is C32H38O8. The van der Waals surface area contributed by atoms with Crippen LogP contribution in [0.3, 0.4) is 0 Å². The molecule has 0 bridgehead atoms. The van der Waals surface area contributed by atoms with Crippen molar-refractivity contribution >= 4 is 28.7 Å². The van der Waals surface area contributed by atoms with Gasteiger partial charge in [0.1, 0.15) is 18.8 Å². The maximum atomic E-state index is 12.9. The minimum absolute atomic E-state index is 0.0519. The van der Waals surface area contributed by atoms with E-state index in [4.69, 9.17) is 18.9 Å². The lowest BCUT2D eigenvalue weighted by molar-refractivity contribution is -0.186. The van der Waals surface area contributed by atoms with Crippen molar-refractivity contribution in [2.75, 3.05) is 13.2 Å². The largest absolute Gasteiger partial charge is 0.479 e. The van der Waals surface area contributed by atoms with Crippen LogP contribution in [0, 0.1) is 0 Å². The Morgan fingerprint density at radius 3 is 2.17 bits per heavy atom. The van der Waals surface area contributed by atoms with Gasteiger partial charge >= 0.3 is 17.9 Å². The van der Waals surface area contributed by atoms with Crippen LogP contribution < -0.4 is 0 Å². The summed E-state index contributed by atoms with van der Waals surface area (Å²) in [6, 6.07) is 23.6. The number of hydrogen-bond donors (Lipinski definition) is 1. The third-order valence-corrected chi connectivity index (χ3v) is 6.00. The molecule has 0 aromatic heterocycles. The molecule has 0 radical (unpaired) electrons. The van der Waals surface area contributed by atoms with Crippen LogP contribution in [-0.2, 0) is 46.4 Å². The topological polar surface area (TPSA) is 108 Å². The Hall–Kier alpha value is -3.75. The number of esters is 2. The zero-order valence-corrected chi connectivity index (χ0v) is 23.3. The third-order valence-electron chi connectivity index (χ3n) is 6.00. The normalized spacial score (nSPS) is 13.0. The van der Waals surface area contributed by atoms with Crippen molar-refractivity contribution in [3.8, 4) is 0 Å². The highest BCUT2D eigenvalue weighted by Crippen LogP contribution is 2.18. The van der Waals surface area contributed by atoms with Crippen molar-refractivity contribution in [2.24, 2.45) is 0 Å². The first kappa shape index (κ1) is 30.8. The number of fused-ring (bicyclic) bond motifs is 1. The molecule has 40 heavy (non-hydrogen) atoms. The monoisotopic (exact) mass is 550 g/mol. The van der Waals surface area contributed by atoms with Gasteiger partial charge in [0.05, 0.1) is 0 Å². The zero-order valence-electron chi connectivity index (χ0n) is 23.3. The number of carbonyl (C=O) groups excluding carboxylic acids is 2. The van der Waals surface area contributed by atoms with Crippen LogP contribution in [0.25, 0.3) is 10.8 Å². The number of unbranched alkanes of at least 4 members (excludes halogenated alkanes) is 2. The summed E-state index contributed by atoms with van der Waals surface area (Å²) < 4.78 is 21.6. The van der Waals surface area contributed by atoms with Crippen LogP contribution in [0.15, 0.2) is 72.8 Å². The molecule has 0 heterocycles. The minimum atomic E-state index is -1.74. The summed E-state index contributed by atoms with van der Waals surface area (Å²) in [5.41, 5.74) is 1.21. The predicted molar refractivity (Wildman–Crippen MR) is 151 cm³/mol. The Bertz CT molecular complexity index is 1250. The number of aryl methyl sites for hydroxylation is 1. The highest BCUT2D eigenvalue weighted by atomic mass is 16.6. The van der Waals surface area contributed by atoms with Crippen molar-refractivity contribution in [3.63, 3.8) is 0 Å². The quantitative estimate of drug-likeness (QED) is 0.195. The van der Waals surface area contributed by atoms with E-state index >= 15 is 0 Å². The summed E-state index contributed by atoms with van der Waals surface area (Å²) in [5, 5.41) is 12.2. The molecule has 0 saturated carbocycles. The van der Waals surface area contributed by atoms with Crippen LogP contribution >= 0.6 is 0 Å². The lowest BCUT2D eigenvalue weighted by atomic mass is 10.0. The molecule has 214 valence electrons. The van der Waals surface area contributed by atoms with E-state index in [0.29, 0.717) is 6.42 Å². The van der Waals surface area contributed by atoms with E-state index in [-0.39, 0.29) is 13.2 Å². The Kier molecular flexibility index (Phi) is 11.7. The molecule has 8 heteroatoms. The van der Waals surface area contributed by atoms with Gasteiger partial charge < -0.3 is 24.1 Å². The fourth-order valence-corrected chi connectivity index (χ4v) is 4.12. The Morgan fingerprint density at radius 2 is 1.48 bits per heavy atom. The van der Waals surface area contributed by atoms with Crippen molar-refractivity contribution in [1.29, 1.82) is 0 Å². The van der Waals surface area contributed by atoms with Crippen LogP contribution in [-0.4, -0.2) is 54.0 Å².